The molecule has 0 bridgehead atoms. The van der Waals surface area contributed by atoms with Crippen LogP contribution >= 0.6 is 0 Å². The maximum absolute atomic E-state index is 12.2. The number of primary amides is 1. The number of hydrogen-bond acceptors (Lipinski definition) is 3. The second kappa shape index (κ2) is 5.06. The van der Waals surface area contributed by atoms with Crippen LogP contribution in [0.5, 0.6) is 5.75 Å². The number of amides is 2. The van der Waals surface area contributed by atoms with Gasteiger partial charge < -0.3 is 15.4 Å². The lowest BCUT2D eigenvalue weighted by Gasteiger charge is -2.40. The summed E-state index contributed by atoms with van der Waals surface area (Å²) in [5.74, 6) is 0.264. The summed E-state index contributed by atoms with van der Waals surface area (Å²) < 4.78 is 5.94. The molecule has 1 aromatic rings. The van der Waals surface area contributed by atoms with Gasteiger partial charge in [-0.1, -0.05) is 25.1 Å². The number of benzene rings is 1. The maximum atomic E-state index is 12.2. The van der Waals surface area contributed by atoms with Gasteiger partial charge in [0.15, 0.2) is 0 Å². The molecule has 0 aromatic heterocycles. The average Bonchev–Trinajstić information content (AvgIpc) is 3.23. The zero-order valence-electron chi connectivity index (χ0n) is 12.2. The van der Waals surface area contributed by atoms with Crippen LogP contribution in [-0.2, 0) is 16.0 Å². The summed E-state index contributed by atoms with van der Waals surface area (Å²) in [5, 5.41) is 0. The molecule has 3 rings (SSSR count). The molecule has 2 amide bonds. The normalized spacial score (nSPS) is 19.8. The molecule has 1 aromatic carbocycles. The Morgan fingerprint density at radius 3 is 2.57 bits per heavy atom. The largest absolute Gasteiger partial charge is 0.486 e. The third kappa shape index (κ3) is 2.37. The first kappa shape index (κ1) is 13.9. The van der Waals surface area contributed by atoms with Crippen molar-refractivity contribution in [1.29, 1.82) is 0 Å². The Morgan fingerprint density at radius 2 is 2.00 bits per heavy atom. The third-order valence-electron chi connectivity index (χ3n) is 4.41. The molecule has 0 radical (unpaired) electrons. The molecule has 2 aliphatic rings. The van der Waals surface area contributed by atoms with Crippen LogP contribution in [0.25, 0.3) is 0 Å². The first-order valence-corrected chi connectivity index (χ1v) is 7.40. The lowest BCUT2D eigenvalue weighted by molar-refractivity contribution is -0.150. The summed E-state index contributed by atoms with van der Waals surface area (Å²) >= 11 is 0. The maximum Gasteiger partial charge on any atom is 0.238 e. The standard InChI is InChI=1S/C16H20N2O3/c1-2-11-5-3-4-6-13(11)21-12-9-18(10-12)15(20)16(7-8-16)14(17)19/h3-6,12H,2,7-10H2,1H3,(H2,17,19). The monoisotopic (exact) mass is 288 g/mol. The topological polar surface area (TPSA) is 72.6 Å². The predicted octanol–water partition coefficient (Wildman–Crippen LogP) is 1.10. The van der Waals surface area contributed by atoms with E-state index in [1.165, 1.54) is 0 Å². The van der Waals surface area contributed by atoms with Gasteiger partial charge in [0.25, 0.3) is 0 Å². The highest BCUT2D eigenvalue weighted by atomic mass is 16.5. The van der Waals surface area contributed by atoms with E-state index in [1.807, 2.05) is 24.3 Å². The Bertz CT molecular complexity index is 575. The van der Waals surface area contributed by atoms with E-state index in [-0.39, 0.29) is 12.0 Å². The van der Waals surface area contributed by atoms with E-state index in [0.717, 1.165) is 17.7 Å². The van der Waals surface area contributed by atoms with Gasteiger partial charge in [-0.2, -0.15) is 0 Å². The van der Waals surface area contributed by atoms with Crippen molar-refractivity contribution in [2.45, 2.75) is 32.3 Å². The molecule has 0 unspecified atom stereocenters. The fourth-order valence-corrected chi connectivity index (χ4v) is 2.76. The van der Waals surface area contributed by atoms with Crippen LogP contribution in [0, 0.1) is 5.41 Å². The Kier molecular flexibility index (Phi) is 3.35. The highest BCUT2D eigenvalue weighted by molar-refractivity contribution is 6.07. The molecule has 5 heteroatoms. The molecule has 1 saturated heterocycles. The SMILES string of the molecule is CCc1ccccc1OC1CN(C(=O)C2(C(N)=O)CC2)C1. The molecule has 2 N–H and O–H groups in total. The molecule has 0 spiro atoms. The fraction of sp³-hybridized carbons (Fsp3) is 0.500. The Labute approximate surface area is 124 Å². The van der Waals surface area contributed by atoms with Gasteiger partial charge >= 0.3 is 0 Å². The highest BCUT2D eigenvalue weighted by Gasteiger charge is 2.58. The van der Waals surface area contributed by atoms with E-state index in [0.29, 0.717) is 25.9 Å². The van der Waals surface area contributed by atoms with Crippen molar-refractivity contribution >= 4 is 11.8 Å². The van der Waals surface area contributed by atoms with Gasteiger partial charge in [-0.25, -0.2) is 0 Å². The number of nitrogens with two attached hydrogens (primary N) is 1. The van der Waals surface area contributed by atoms with Gasteiger partial charge in [-0.15, -0.1) is 0 Å². The van der Waals surface area contributed by atoms with Crippen LogP contribution in [0.4, 0.5) is 0 Å². The zero-order chi connectivity index (χ0) is 15.0. The molecule has 1 aliphatic carbocycles. The van der Waals surface area contributed by atoms with Crippen LogP contribution in [0.3, 0.4) is 0 Å². The minimum absolute atomic E-state index is 0.00493. The van der Waals surface area contributed by atoms with E-state index in [9.17, 15) is 9.59 Å². The second-order valence-corrected chi connectivity index (χ2v) is 5.86. The molecular formula is C16H20N2O3. The number of aryl methyl sites for hydroxylation is 1. The number of carbonyl (C=O) groups is 2. The molecule has 0 atom stereocenters. The third-order valence-corrected chi connectivity index (χ3v) is 4.41. The molecule has 1 heterocycles. The van der Waals surface area contributed by atoms with E-state index >= 15 is 0 Å². The van der Waals surface area contributed by atoms with Crippen LogP contribution < -0.4 is 10.5 Å². The number of para-hydroxylation sites is 1. The van der Waals surface area contributed by atoms with Crippen molar-refractivity contribution in [2.24, 2.45) is 11.1 Å². The van der Waals surface area contributed by atoms with Gasteiger partial charge in [-0.05, 0) is 30.9 Å². The lowest BCUT2D eigenvalue weighted by Crippen LogP contribution is -2.59. The molecule has 2 fully saturated rings. The van der Waals surface area contributed by atoms with Crippen molar-refractivity contribution in [3.63, 3.8) is 0 Å². The van der Waals surface area contributed by atoms with Crippen molar-refractivity contribution in [3.05, 3.63) is 29.8 Å². The number of carbonyl (C=O) groups excluding carboxylic acids is 2. The zero-order valence-corrected chi connectivity index (χ0v) is 12.2. The lowest BCUT2D eigenvalue weighted by atomic mass is 10.0. The minimum atomic E-state index is -0.910. The molecule has 21 heavy (non-hydrogen) atoms. The molecule has 1 aliphatic heterocycles. The quantitative estimate of drug-likeness (QED) is 0.825. The van der Waals surface area contributed by atoms with Crippen molar-refractivity contribution in [2.75, 3.05) is 13.1 Å². The first-order valence-electron chi connectivity index (χ1n) is 7.40. The summed E-state index contributed by atoms with van der Waals surface area (Å²) in [4.78, 5) is 25.3. The van der Waals surface area contributed by atoms with Gasteiger partial charge in [0.1, 0.15) is 17.3 Å². The Morgan fingerprint density at radius 1 is 1.33 bits per heavy atom. The summed E-state index contributed by atoms with van der Waals surface area (Å²) in [7, 11) is 0. The summed E-state index contributed by atoms with van der Waals surface area (Å²) in [5.41, 5.74) is 5.58. The predicted molar refractivity (Wildman–Crippen MR) is 77.7 cm³/mol. The van der Waals surface area contributed by atoms with E-state index in [2.05, 4.69) is 6.92 Å². The van der Waals surface area contributed by atoms with Crippen LogP contribution in [0.1, 0.15) is 25.3 Å². The van der Waals surface area contributed by atoms with Gasteiger partial charge in [0.05, 0.1) is 13.1 Å². The van der Waals surface area contributed by atoms with Crippen LogP contribution in [-0.4, -0.2) is 35.9 Å². The Hall–Kier alpha value is -2.04. The molecule has 1 saturated carbocycles. The summed E-state index contributed by atoms with van der Waals surface area (Å²) in [6.45, 7) is 3.15. The number of nitrogens with zero attached hydrogens (tertiary/aromatic N) is 1. The van der Waals surface area contributed by atoms with Gasteiger partial charge in [-0.3, -0.25) is 9.59 Å². The van der Waals surface area contributed by atoms with Gasteiger partial charge in [0, 0.05) is 0 Å². The summed E-state index contributed by atoms with van der Waals surface area (Å²) in [6, 6.07) is 7.94. The van der Waals surface area contributed by atoms with Crippen molar-refractivity contribution in [1.82, 2.24) is 4.90 Å². The van der Waals surface area contributed by atoms with Crippen molar-refractivity contribution in [3.8, 4) is 5.75 Å². The summed E-state index contributed by atoms with van der Waals surface area (Å²) in [6.07, 6.45) is 2.09. The average molecular weight is 288 g/mol. The fourth-order valence-electron chi connectivity index (χ4n) is 2.76. The molecular weight excluding hydrogens is 268 g/mol. The number of ether oxygens (including phenoxy) is 1. The van der Waals surface area contributed by atoms with E-state index in [4.69, 9.17) is 10.5 Å². The Balaban J connectivity index is 1.57. The molecule has 112 valence electrons. The highest BCUT2D eigenvalue weighted by Crippen LogP contribution is 2.47. The second-order valence-electron chi connectivity index (χ2n) is 5.86. The first-order chi connectivity index (χ1) is 10.1. The van der Waals surface area contributed by atoms with E-state index in [1.54, 1.807) is 4.90 Å². The van der Waals surface area contributed by atoms with Crippen LogP contribution in [0.15, 0.2) is 24.3 Å². The molecule has 5 nitrogen and oxygen atoms in total. The smallest absolute Gasteiger partial charge is 0.238 e. The number of hydrogen-bond donors (Lipinski definition) is 1. The van der Waals surface area contributed by atoms with Crippen LogP contribution in [0.2, 0.25) is 0 Å². The number of likely N-dealkylation sites (tertiary alicyclic amines) is 1. The number of rotatable bonds is 5. The minimum Gasteiger partial charge on any atom is -0.486 e. The van der Waals surface area contributed by atoms with Crippen molar-refractivity contribution < 1.29 is 14.3 Å². The van der Waals surface area contributed by atoms with Gasteiger partial charge in [0.2, 0.25) is 11.8 Å². The van der Waals surface area contributed by atoms with E-state index < -0.39 is 11.3 Å².